The highest BCUT2D eigenvalue weighted by Crippen LogP contribution is 2.56. The molecule has 0 aromatic rings. The second-order valence-corrected chi connectivity index (χ2v) is 7.45. The van der Waals surface area contributed by atoms with E-state index in [4.69, 9.17) is 4.74 Å². The van der Waals surface area contributed by atoms with Crippen LogP contribution >= 0.6 is 0 Å². The molecule has 3 aliphatic carbocycles. The minimum Gasteiger partial charge on any atom is -0.462 e. The van der Waals surface area contributed by atoms with Gasteiger partial charge in [-0.1, -0.05) is 25.5 Å². The second-order valence-electron chi connectivity index (χ2n) is 7.45. The number of ether oxygens (including phenoxy) is 1. The lowest BCUT2D eigenvalue weighted by Gasteiger charge is -2.52. The molecule has 3 rings (SSSR count). The monoisotopic (exact) mass is 290 g/mol. The van der Waals surface area contributed by atoms with Crippen molar-refractivity contribution in [2.75, 3.05) is 0 Å². The van der Waals surface area contributed by atoms with Crippen LogP contribution in [0.25, 0.3) is 0 Å². The molecule has 3 nitrogen and oxygen atoms in total. The van der Waals surface area contributed by atoms with Crippen LogP contribution in [0.3, 0.4) is 0 Å². The molecule has 2 fully saturated rings. The summed E-state index contributed by atoms with van der Waals surface area (Å²) < 4.78 is 5.41. The van der Waals surface area contributed by atoms with E-state index >= 15 is 0 Å². The zero-order chi connectivity index (χ0) is 15.2. The first-order valence-corrected chi connectivity index (χ1v) is 8.32. The Labute approximate surface area is 127 Å². The first kappa shape index (κ1) is 14.8. The minimum absolute atomic E-state index is 0.0385. The van der Waals surface area contributed by atoms with Gasteiger partial charge in [0.15, 0.2) is 0 Å². The van der Waals surface area contributed by atoms with E-state index in [9.17, 15) is 9.59 Å². The van der Waals surface area contributed by atoms with E-state index in [1.165, 1.54) is 18.9 Å². The molecule has 0 heterocycles. The van der Waals surface area contributed by atoms with Crippen molar-refractivity contribution >= 4 is 11.8 Å². The van der Waals surface area contributed by atoms with Crippen molar-refractivity contribution in [2.24, 2.45) is 23.2 Å². The summed E-state index contributed by atoms with van der Waals surface area (Å²) in [7, 11) is 0. The van der Waals surface area contributed by atoms with Crippen LogP contribution in [0.15, 0.2) is 11.6 Å². The molecule has 0 aliphatic heterocycles. The third kappa shape index (κ3) is 2.45. The highest BCUT2D eigenvalue weighted by molar-refractivity contribution is 5.84. The van der Waals surface area contributed by atoms with Crippen molar-refractivity contribution in [3.05, 3.63) is 11.6 Å². The fourth-order valence-electron chi connectivity index (χ4n) is 4.93. The van der Waals surface area contributed by atoms with Gasteiger partial charge in [-0.2, -0.15) is 0 Å². The molecule has 5 atom stereocenters. The highest BCUT2D eigenvalue weighted by Gasteiger charge is 2.51. The molecule has 0 aromatic heterocycles. The average Bonchev–Trinajstić information content (AvgIpc) is 2.42. The summed E-state index contributed by atoms with van der Waals surface area (Å²) in [5, 5.41) is 0. The van der Waals surface area contributed by atoms with Crippen LogP contribution in [-0.2, 0) is 14.3 Å². The maximum absolute atomic E-state index is 12.5. The van der Waals surface area contributed by atoms with Crippen LogP contribution in [-0.4, -0.2) is 17.9 Å². The number of allylic oxidation sites excluding steroid dienone is 1. The van der Waals surface area contributed by atoms with Gasteiger partial charge in [0.25, 0.3) is 0 Å². The molecular formula is C18H26O3. The molecule has 0 aromatic carbocycles. The Morgan fingerprint density at radius 2 is 2.10 bits per heavy atom. The van der Waals surface area contributed by atoms with Gasteiger partial charge in [-0.3, -0.25) is 9.59 Å². The lowest BCUT2D eigenvalue weighted by Crippen LogP contribution is -2.48. The normalized spacial score (nSPS) is 42.6. The van der Waals surface area contributed by atoms with E-state index in [1.54, 1.807) is 0 Å². The quantitative estimate of drug-likeness (QED) is 0.546. The van der Waals surface area contributed by atoms with E-state index in [2.05, 4.69) is 19.9 Å². The van der Waals surface area contributed by atoms with Gasteiger partial charge >= 0.3 is 5.97 Å². The van der Waals surface area contributed by atoms with Gasteiger partial charge in [0.2, 0.25) is 0 Å². The molecule has 0 bridgehead atoms. The van der Waals surface area contributed by atoms with E-state index in [1.807, 2.05) is 0 Å². The number of hydrogen-bond acceptors (Lipinski definition) is 3. The molecule has 3 aliphatic rings. The number of hydrogen-bond donors (Lipinski definition) is 0. The van der Waals surface area contributed by atoms with Gasteiger partial charge in [-0.15, -0.1) is 0 Å². The van der Waals surface area contributed by atoms with Gasteiger partial charge in [-0.25, -0.2) is 0 Å². The number of rotatable bonds is 1. The van der Waals surface area contributed by atoms with Crippen LogP contribution < -0.4 is 0 Å². The van der Waals surface area contributed by atoms with E-state index in [0.717, 1.165) is 32.1 Å². The summed E-state index contributed by atoms with van der Waals surface area (Å²) in [5.74, 6) is 1.26. The number of Topliss-reactive ketones (excluding diaryl/α,β-unsaturated/α-hetero) is 1. The fourth-order valence-corrected chi connectivity index (χ4v) is 4.93. The Bertz CT molecular complexity index is 493. The molecule has 0 N–H and O–H groups in total. The summed E-state index contributed by atoms with van der Waals surface area (Å²) in [6.07, 6.45) is 8.26. The Morgan fingerprint density at radius 1 is 1.33 bits per heavy atom. The summed E-state index contributed by atoms with van der Waals surface area (Å²) in [5.41, 5.74) is 1.58. The summed E-state index contributed by atoms with van der Waals surface area (Å²) in [6, 6.07) is 0. The lowest BCUT2D eigenvalue weighted by atomic mass is 9.52. The smallest absolute Gasteiger partial charge is 0.302 e. The molecule has 0 saturated heterocycles. The third-order valence-electron chi connectivity index (χ3n) is 6.18. The minimum atomic E-state index is -0.181. The summed E-state index contributed by atoms with van der Waals surface area (Å²) in [4.78, 5) is 23.7. The second kappa shape index (κ2) is 5.26. The highest BCUT2D eigenvalue weighted by atomic mass is 16.5. The van der Waals surface area contributed by atoms with E-state index < -0.39 is 0 Å². The van der Waals surface area contributed by atoms with E-state index in [-0.39, 0.29) is 29.3 Å². The molecule has 3 heteroatoms. The Balaban J connectivity index is 1.82. The van der Waals surface area contributed by atoms with Gasteiger partial charge in [-0.05, 0) is 43.4 Å². The molecule has 4 unspecified atom stereocenters. The Kier molecular flexibility index (Phi) is 3.71. The SMILES string of the molecule is CC(=O)OC1CC[C@@]2(C)C(=CCC3C(=O)C(C)CCC32)C1. The molecule has 0 radical (unpaired) electrons. The van der Waals surface area contributed by atoms with Gasteiger partial charge in [0.1, 0.15) is 11.9 Å². The van der Waals surface area contributed by atoms with Crippen LogP contribution in [0.4, 0.5) is 0 Å². The predicted molar refractivity (Wildman–Crippen MR) is 80.6 cm³/mol. The number of esters is 1. The van der Waals surface area contributed by atoms with Crippen molar-refractivity contribution in [2.45, 2.75) is 65.4 Å². The predicted octanol–water partition coefficient (Wildman–Crippen LogP) is 3.67. The first-order valence-electron chi connectivity index (χ1n) is 8.32. The molecule has 21 heavy (non-hydrogen) atoms. The van der Waals surface area contributed by atoms with Gasteiger partial charge in [0, 0.05) is 25.2 Å². The molecular weight excluding hydrogens is 264 g/mol. The summed E-state index contributed by atoms with van der Waals surface area (Å²) in [6.45, 7) is 5.90. The maximum atomic E-state index is 12.5. The van der Waals surface area contributed by atoms with Crippen LogP contribution in [0, 0.1) is 23.2 Å². The van der Waals surface area contributed by atoms with Crippen molar-refractivity contribution < 1.29 is 14.3 Å². The fraction of sp³-hybridized carbons (Fsp3) is 0.778. The van der Waals surface area contributed by atoms with Gasteiger partial charge < -0.3 is 4.74 Å². The molecule has 0 amide bonds. The Hall–Kier alpha value is -1.12. The van der Waals surface area contributed by atoms with Crippen molar-refractivity contribution in [3.63, 3.8) is 0 Å². The first-order chi connectivity index (χ1) is 9.91. The van der Waals surface area contributed by atoms with Crippen LogP contribution in [0.1, 0.15) is 59.3 Å². The standard InChI is InChI=1S/C18H26O3/c1-11-4-7-16-15(17(11)20)6-5-13-10-14(21-12(2)19)8-9-18(13,16)3/h5,11,14-16H,4,6-10H2,1-3H3/t11?,14?,15?,16?,18-/m0/s1. The molecule has 2 saturated carbocycles. The molecule has 116 valence electrons. The van der Waals surface area contributed by atoms with Crippen LogP contribution in [0.5, 0.6) is 0 Å². The van der Waals surface area contributed by atoms with Gasteiger partial charge in [0.05, 0.1) is 0 Å². The number of ketones is 1. The number of carbonyl (C=O) groups excluding carboxylic acids is 2. The van der Waals surface area contributed by atoms with Crippen LogP contribution in [0.2, 0.25) is 0 Å². The largest absolute Gasteiger partial charge is 0.462 e. The number of carbonyl (C=O) groups is 2. The number of fused-ring (bicyclic) bond motifs is 3. The summed E-state index contributed by atoms with van der Waals surface area (Å²) >= 11 is 0. The van der Waals surface area contributed by atoms with E-state index in [0.29, 0.717) is 11.7 Å². The van der Waals surface area contributed by atoms with Crippen molar-refractivity contribution in [3.8, 4) is 0 Å². The lowest BCUT2D eigenvalue weighted by molar-refractivity contribution is -0.148. The third-order valence-corrected chi connectivity index (χ3v) is 6.18. The zero-order valence-electron chi connectivity index (χ0n) is 13.4. The van der Waals surface area contributed by atoms with Crippen molar-refractivity contribution in [1.82, 2.24) is 0 Å². The average molecular weight is 290 g/mol. The Morgan fingerprint density at radius 3 is 2.81 bits per heavy atom. The maximum Gasteiger partial charge on any atom is 0.302 e. The van der Waals surface area contributed by atoms with Crippen molar-refractivity contribution in [1.29, 1.82) is 0 Å². The zero-order valence-corrected chi connectivity index (χ0v) is 13.4. The molecule has 0 spiro atoms. The topological polar surface area (TPSA) is 43.4 Å².